The van der Waals surface area contributed by atoms with E-state index in [4.69, 9.17) is 18.9 Å². The molecule has 36 heavy (non-hydrogen) atoms. The van der Waals surface area contributed by atoms with Crippen molar-refractivity contribution in [1.82, 2.24) is 0 Å². The highest BCUT2D eigenvalue weighted by molar-refractivity contribution is 5.89. The zero-order valence-electron chi connectivity index (χ0n) is 20.8. The van der Waals surface area contributed by atoms with Gasteiger partial charge in [0.15, 0.2) is 5.79 Å². The molecule has 1 heterocycles. The third-order valence-electron chi connectivity index (χ3n) is 6.27. The Morgan fingerprint density at radius 1 is 0.806 bits per heavy atom. The van der Waals surface area contributed by atoms with Crippen LogP contribution in [0.3, 0.4) is 0 Å². The van der Waals surface area contributed by atoms with Gasteiger partial charge in [-0.25, -0.2) is 9.59 Å². The smallest absolute Gasteiger partial charge is 0.338 e. The van der Waals surface area contributed by atoms with Crippen LogP contribution in [0.25, 0.3) is 0 Å². The molecule has 4 rings (SSSR count). The molecule has 0 bridgehead atoms. The summed E-state index contributed by atoms with van der Waals surface area (Å²) in [6.07, 6.45) is -0.961. The maximum Gasteiger partial charge on any atom is 0.338 e. The number of hydrogen-bond donors (Lipinski definition) is 0. The molecule has 3 aromatic carbocycles. The lowest BCUT2D eigenvalue weighted by molar-refractivity contribution is -0.154. The third kappa shape index (κ3) is 6.39. The van der Waals surface area contributed by atoms with Gasteiger partial charge in [0.1, 0.15) is 12.2 Å². The second kappa shape index (κ2) is 11.5. The molecule has 4 atom stereocenters. The van der Waals surface area contributed by atoms with E-state index in [2.05, 4.69) is 0 Å². The number of esters is 2. The normalized spacial score (nSPS) is 20.3. The highest BCUT2D eigenvalue weighted by Gasteiger charge is 2.47. The van der Waals surface area contributed by atoms with Gasteiger partial charge in [-0.2, -0.15) is 0 Å². The lowest BCUT2D eigenvalue weighted by atomic mass is 9.89. The molecule has 0 amide bonds. The monoisotopic (exact) mass is 488 g/mol. The van der Waals surface area contributed by atoms with E-state index in [0.717, 1.165) is 5.56 Å². The van der Waals surface area contributed by atoms with E-state index in [1.54, 1.807) is 48.5 Å². The lowest BCUT2D eigenvalue weighted by Gasteiger charge is -2.30. The van der Waals surface area contributed by atoms with Crippen LogP contribution in [0.4, 0.5) is 0 Å². The Labute approximate surface area is 212 Å². The summed E-state index contributed by atoms with van der Waals surface area (Å²) in [5.41, 5.74) is 1.92. The molecule has 0 saturated carbocycles. The molecule has 0 aliphatic carbocycles. The summed E-state index contributed by atoms with van der Waals surface area (Å²) in [4.78, 5) is 25.4. The molecule has 1 aliphatic rings. The van der Waals surface area contributed by atoms with Crippen LogP contribution in [-0.4, -0.2) is 36.5 Å². The molecule has 188 valence electrons. The van der Waals surface area contributed by atoms with Crippen LogP contribution in [0.2, 0.25) is 0 Å². The molecule has 0 unspecified atom stereocenters. The van der Waals surface area contributed by atoms with Gasteiger partial charge >= 0.3 is 11.9 Å². The van der Waals surface area contributed by atoms with Crippen molar-refractivity contribution in [3.63, 3.8) is 0 Å². The van der Waals surface area contributed by atoms with E-state index in [1.165, 1.54) is 0 Å². The Hall–Kier alpha value is -3.48. The fraction of sp³-hybridized carbons (Fsp3) is 0.333. The van der Waals surface area contributed by atoms with E-state index >= 15 is 0 Å². The summed E-state index contributed by atoms with van der Waals surface area (Å²) >= 11 is 0. The average molecular weight is 489 g/mol. The Kier molecular flexibility index (Phi) is 8.18. The molecular formula is C30H32O6. The van der Waals surface area contributed by atoms with Crippen molar-refractivity contribution >= 4 is 11.9 Å². The van der Waals surface area contributed by atoms with Crippen molar-refractivity contribution in [3.05, 3.63) is 108 Å². The van der Waals surface area contributed by atoms with Gasteiger partial charge < -0.3 is 18.9 Å². The van der Waals surface area contributed by atoms with Crippen LogP contribution in [0.1, 0.15) is 59.6 Å². The van der Waals surface area contributed by atoms with E-state index in [9.17, 15) is 9.59 Å². The summed E-state index contributed by atoms with van der Waals surface area (Å²) in [5, 5.41) is 0. The first-order valence-corrected chi connectivity index (χ1v) is 12.2. The van der Waals surface area contributed by atoms with Crippen molar-refractivity contribution in [1.29, 1.82) is 0 Å². The first-order valence-electron chi connectivity index (χ1n) is 12.2. The maximum absolute atomic E-state index is 13.0. The Bertz CT molecular complexity index is 1130. The second-order valence-electron chi connectivity index (χ2n) is 9.39. The van der Waals surface area contributed by atoms with Crippen LogP contribution in [-0.2, 0) is 18.9 Å². The SMILES string of the molecule is C[C@@H]([C@H]1OC(C)(C)O[C@@H]1c1ccccc1)[C@H](CCOC(=O)c1ccccc1)OC(=O)c1ccccc1. The number of hydrogen-bond acceptors (Lipinski definition) is 6. The lowest BCUT2D eigenvalue weighted by Crippen LogP contribution is -2.37. The predicted molar refractivity (Wildman–Crippen MR) is 135 cm³/mol. The zero-order valence-corrected chi connectivity index (χ0v) is 20.8. The average Bonchev–Trinajstić information content (AvgIpc) is 3.24. The van der Waals surface area contributed by atoms with Gasteiger partial charge in [0.05, 0.1) is 23.8 Å². The van der Waals surface area contributed by atoms with Crippen molar-refractivity contribution in [3.8, 4) is 0 Å². The fourth-order valence-corrected chi connectivity index (χ4v) is 4.42. The minimum Gasteiger partial charge on any atom is -0.462 e. The summed E-state index contributed by atoms with van der Waals surface area (Å²) in [7, 11) is 0. The van der Waals surface area contributed by atoms with Gasteiger partial charge in [-0.1, -0.05) is 73.7 Å². The summed E-state index contributed by atoms with van der Waals surface area (Å²) < 4.78 is 24.1. The first-order chi connectivity index (χ1) is 17.3. The van der Waals surface area contributed by atoms with Gasteiger partial charge in [-0.05, 0) is 43.7 Å². The number of rotatable bonds is 9. The van der Waals surface area contributed by atoms with Crippen LogP contribution in [0.5, 0.6) is 0 Å². The van der Waals surface area contributed by atoms with E-state index in [-0.39, 0.29) is 24.7 Å². The number of carbonyl (C=O) groups is 2. The quantitative estimate of drug-likeness (QED) is 0.345. The molecule has 0 spiro atoms. The maximum atomic E-state index is 13.0. The van der Waals surface area contributed by atoms with Crippen molar-refractivity contribution < 1.29 is 28.5 Å². The number of ether oxygens (including phenoxy) is 4. The second-order valence-corrected chi connectivity index (χ2v) is 9.39. The van der Waals surface area contributed by atoms with Crippen LogP contribution in [0, 0.1) is 5.92 Å². The topological polar surface area (TPSA) is 71.1 Å². The molecule has 1 fully saturated rings. The Balaban J connectivity index is 1.52. The minimum absolute atomic E-state index is 0.0950. The number of carbonyl (C=O) groups excluding carboxylic acids is 2. The molecule has 1 saturated heterocycles. The molecule has 6 heteroatoms. The Morgan fingerprint density at radius 2 is 1.33 bits per heavy atom. The Morgan fingerprint density at radius 3 is 1.92 bits per heavy atom. The molecule has 1 aliphatic heterocycles. The van der Waals surface area contributed by atoms with Crippen molar-refractivity contribution in [2.75, 3.05) is 6.61 Å². The molecular weight excluding hydrogens is 456 g/mol. The third-order valence-corrected chi connectivity index (χ3v) is 6.27. The minimum atomic E-state index is -0.798. The highest BCUT2D eigenvalue weighted by atomic mass is 16.8. The van der Waals surface area contributed by atoms with Crippen LogP contribution >= 0.6 is 0 Å². The van der Waals surface area contributed by atoms with E-state index < -0.39 is 23.8 Å². The fourth-order valence-electron chi connectivity index (χ4n) is 4.42. The molecule has 0 radical (unpaired) electrons. The predicted octanol–water partition coefficient (Wildman–Crippen LogP) is 5.99. The van der Waals surface area contributed by atoms with Gasteiger partial charge in [0, 0.05) is 12.3 Å². The van der Waals surface area contributed by atoms with Crippen molar-refractivity contribution in [2.24, 2.45) is 5.92 Å². The van der Waals surface area contributed by atoms with E-state index in [1.807, 2.05) is 63.2 Å². The van der Waals surface area contributed by atoms with E-state index in [0.29, 0.717) is 17.5 Å². The van der Waals surface area contributed by atoms with Gasteiger partial charge in [0.2, 0.25) is 0 Å². The highest BCUT2D eigenvalue weighted by Crippen LogP contribution is 2.43. The van der Waals surface area contributed by atoms with Crippen molar-refractivity contribution in [2.45, 2.75) is 51.3 Å². The summed E-state index contributed by atoms with van der Waals surface area (Å²) in [5.74, 6) is -1.90. The molecule has 6 nitrogen and oxygen atoms in total. The van der Waals surface area contributed by atoms with Crippen LogP contribution < -0.4 is 0 Å². The number of benzene rings is 3. The molecule has 0 aromatic heterocycles. The largest absolute Gasteiger partial charge is 0.462 e. The zero-order chi connectivity index (χ0) is 25.5. The van der Waals surface area contributed by atoms with Crippen LogP contribution in [0.15, 0.2) is 91.0 Å². The standard InChI is InChI=1S/C30H32O6/c1-21(26-27(36-30(2,3)35-26)22-13-7-4-8-14-22)25(34-29(32)24-17-11-6-12-18-24)19-20-33-28(31)23-15-9-5-10-16-23/h4-18,21,25-27H,19-20H2,1-3H3/t21-,25+,26-,27-/m1/s1. The van der Waals surface area contributed by atoms with Gasteiger partial charge in [0.25, 0.3) is 0 Å². The summed E-state index contributed by atoms with van der Waals surface area (Å²) in [6, 6.07) is 27.5. The molecule has 3 aromatic rings. The summed E-state index contributed by atoms with van der Waals surface area (Å²) in [6.45, 7) is 5.83. The molecule has 0 N–H and O–H groups in total. The first kappa shape index (κ1) is 25.6. The van der Waals surface area contributed by atoms with Gasteiger partial charge in [-0.15, -0.1) is 0 Å². The van der Waals surface area contributed by atoms with Gasteiger partial charge in [-0.3, -0.25) is 0 Å².